The van der Waals surface area contributed by atoms with Crippen molar-refractivity contribution in [3.05, 3.63) is 179 Å². The zero-order valence-corrected chi connectivity index (χ0v) is 31.3. The molecule has 0 aliphatic heterocycles. The highest BCUT2D eigenvalue weighted by Crippen LogP contribution is 2.64. The summed E-state index contributed by atoms with van der Waals surface area (Å²) in [5, 5.41) is 6.16. The molecular weight excluding hydrogens is 643 g/mol. The van der Waals surface area contributed by atoms with Gasteiger partial charge in [-0.05, 0) is 96.3 Å². The van der Waals surface area contributed by atoms with Crippen molar-refractivity contribution >= 4 is 33.3 Å². The summed E-state index contributed by atoms with van der Waals surface area (Å²) in [7, 11) is 0. The van der Waals surface area contributed by atoms with Crippen LogP contribution in [0.3, 0.4) is 0 Å². The average Bonchev–Trinajstić information content (AvgIpc) is 3.78. The topological polar surface area (TPSA) is 25.2 Å². The quantitative estimate of drug-likeness (QED) is 0.200. The maximum absolute atomic E-state index is 6.65. The Bertz CT molecular complexity index is 2700. The average molecular weight is 686 g/mol. The standard InChI is InChI=1S/C51H43NO/c1-49(2,3)33-23-25-35-36-26-24-34(50(4,5)6)30-43(36)51(42(35)29-33)40-18-11-10-16-38(40)47-41(51)19-13-20-44(47)52-45-21-12-17-37-39-28-32(31-14-8-7-9-15-31)22-27-46(39)53-48(37)45/h7-30,52H,1-6H3. The highest BCUT2D eigenvalue weighted by Gasteiger charge is 2.52. The van der Waals surface area contributed by atoms with Crippen molar-refractivity contribution in [1.82, 2.24) is 0 Å². The minimum absolute atomic E-state index is 0.0129. The summed E-state index contributed by atoms with van der Waals surface area (Å²) < 4.78 is 6.65. The minimum atomic E-state index is -0.448. The van der Waals surface area contributed by atoms with Gasteiger partial charge in [-0.15, -0.1) is 0 Å². The highest BCUT2D eigenvalue weighted by atomic mass is 16.3. The number of furan rings is 1. The predicted octanol–water partition coefficient (Wildman–Crippen LogP) is 13.9. The number of para-hydroxylation sites is 1. The predicted molar refractivity (Wildman–Crippen MR) is 223 cm³/mol. The van der Waals surface area contributed by atoms with E-state index in [1.807, 2.05) is 0 Å². The first-order chi connectivity index (χ1) is 25.5. The van der Waals surface area contributed by atoms with Crippen LogP contribution in [0.25, 0.3) is 55.3 Å². The molecule has 1 spiro atoms. The van der Waals surface area contributed by atoms with Crippen molar-refractivity contribution in [2.75, 3.05) is 5.32 Å². The first kappa shape index (κ1) is 31.8. The van der Waals surface area contributed by atoms with Gasteiger partial charge < -0.3 is 9.73 Å². The second-order valence-corrected chi connectivity index (χ2v) is 17.0. The summed E-state index contributed by atoms with van der Waals surface area (Å²) in [4.78, 5) is 0. The van der Waals surface area contributed by atoms with Crippen LogP contribution in [-0.2, 0) is 16.2 Å². The van der Waals surface area contributed by atoms with Crippen molar-refractivity contribution in [2.24, 2.45) is 0 Å². The third-order valence-corrected chi connectivity index (χ3v) is 11.8. The van der Waals surface area contributed by atoms with Gasteiger partial charge in [-0.25, -0.2) is 0 Å². The van der Waals surface area contributed by atoms with Gasteiger partial charge in [-0.2, -0.15) is 0 Å². The van der Waals surface area contributed by atoms with Crippen LogP contribution in [0.15, 0.2) is 150 Å². The monoisotopic (exact) mass is 685 g/mol. The van der Waals surface area contributed by atoms with Gasteiger partial charge >= 0.3 is 0 Å². The largest absolute Gasteiger partial charge is 0.454 e. The molecule has 1 aromatic heterocycles. The normalized spacial score (nSPS) is 14.0. The van der Waals surface area contributed by atoms with E-state index in [2.05, 4.69) is 192 Å². The van der Waals surface area contributed by atoms with Gasteiger partial charge in [0.05, 0.1) is 11.1 Å². The maximum Gasteiger partial charge on any atom is 0.158 e. The van der Waals surface area contributed by atoms with Gasteiger partial charge in [0.2, 0.25) is 0 Å². The lowest BCUT2D eigenvalue weighted by molar-refractivity contribution is 0.586. The van der Waals surface area contributed by atoms with Crippen LogP contribution in [0.2, 0.25) is 0 Å². The lowest BCUT2D eigenvalue weighted by Crippen LogP contribution is -2.27. The lowest BCUT2D eigenvalue weighted by Gasteiger charge is -2.33. The zero-order valence-electron chi connectivity index (χ0n) is 31.3. The third kappa shape index (κ3) is 4.58. The lowest BCUT2D eigenvalue weighted by atomic mass is 9.69. The van der Waals surface area contributed by atoms with E-state index in [4.69, 9.17) is 4.42 Å². The molecule has 0 saturated heterocycles. The van der Waals surface area contributed by atoms with Crippen LogP contribution in [0, 0.1) is 0 Å². The van der Waals surface area contributed by atoms with Crippen LogP contribution in [0.4, 0.5) is 11.4 Å². The second-order valence-electron chi connectivity index (χ2n) is 17.0. The van der Waals surface area contributed by atoms with E-state index in [1.54, 1.807) is 0 Å². The SMILES string of the molecule is CC(C)(C)c1ccc2c(c1)C1(c3cc(C(C)(C)C)ccc3-2)c2ccccc2-c2c(Nc3cccc4c3oc3ccc(-c5ccccc5)cc34)cccc21. The van der Waals surface area contributed by atoms with Gasteiger partial charge in [-0.1, -0.05) is 163 Å². The van der Waals surface area contributed by atoms with Gasteiger partial charge in [0.1, 0.15) is 5.58 Å². The van der Waals surface area contributed by atoms with E-state index in [9.17, 15) is 0 Å². The Morgan fingerprint density at radius 2 is 1.08 bits per heavy atom. The number of nitrogens with one attached hydrogen (secondary N) is 1. The number of anilines is 2. The molecule has 0 atom stereocenters. The van der Waals surface area contributed by atoms with E-state index >= 15 is 0 Å². The molecule has 258 valence electrons. The number of benzene rings is 7. The zero-order chi connectivity index (χ0) is 36.3. The first-order valence-corrected chi connectivity index (χ1v) is 18.8. The Morgan fingerprint density at radius 3 is 1.77 bits per heavy atom. The van der Waals surface area contributed by atoms with Gasteiger partial charge in [0.15, 0.2) is 5.58 Å². The highest BCUT2D eigenvalue weighted by molar-refractivity contribution is 6.11. The fourth-order valence-electron chi connectivity index (χ4n) is 9.12. The molecule has 53 heavy (non-hydrogen) atoms. The molecule has 2 aliphatic rings. The maximum atomic E-state index is 6.65. The fourth-order valence-corrected chi connectivity index (χ4v) is 9.12. The number of hydrogen-bond donors (Lipinski definition) is 1. The van der Waals surface area contributed by atoms with Gasteiger partial charge in [0.25, 0.3) is 0 Å². The molecule has 0 fully saturated rings. The van der Waals surface area contributed by atoms with Crippen LogP contribution in [0.1, 0.15) is 74.9 Å². The minimum Gasteiger partial charge on any atom is -0.454 e. The number of fused-ring (bicyclic) bond motifs is 13. The number of rotatable bonds is 3. The van der Waals surface area contributed by atoms with Gasteiger partial charge in [0, 0.05) is 22.0 Å². The van der Waals surface area contributed by atoms with Crippen molar-refractivity contribution in [3.63, 3.8) is 0 Å². The molecule has 0 radical (unpaired) electrons. The van der Waals surface area contributed by atoms with Crippen molar-refractivity contribution < 1.29 is 4.42 Å². The summed E-state index contributed by atoms with van der Waals surface area (Å²) in [6.45, 7) is 13.9. The summed E-state index contributed by atoms with van der Waals surface area (Å²) in [5.74, 6) is 0. The van der Waals surface area contributed by atoms with Crippen LogP contribution in [0.5, 0.6) is 0 Å². The van der Waals surface area contributed by atoms with Crippen molar-refractivity contribution in [2.45, 2.75) is 57.8 Å². The second kappa shape index (κ2) is 11.1. The summed E-state index contributed by atoms with van der Waals surface area (Å²) >= 11 is 0. The summed E-state index contributed by atoms with van der Waals surface area (Å²) in [6, 6.07) is 53.9. The summed E-state index contributed by atoms with van der Waals surface area (Å²) in [6.07, 6.45) is 0. The molecule has 2 aliphatic carbocycles. The Hall–Kier alpha value is -5.86. The smallest absolute Gasteiger partial charge is 0.158 e. The number of hydrogen-bond acceptors (Lipinski definition) is 2. The van der Waals surface area contributed by atoms with Crippen LogP contribution < -0.4 is 5.32 Å². The molecule has 1 heterocycles. The Morgan fingerprint density at radius 1 is 0.453 bits per heavy atom. The molecule has 0 bridgehead atoms. The molecule has 8 aromatic rings. The first-order valence-electron chi connectivity index (χ1n) is 18.8. The molecule has 7 aromatic carbocycles. The molecule has 1 N–H and O–H groups in total. The van der Waals surface area contributed by atoms with Crippen molar-refractivity contribution in [1.29, 1.82) is 0 Å². The molecule has 2 nitrogen and oxygen atoms in total. The Labute approximate surface area is 312 Å². The molecule has 0 unspecified atom stereocenters. The van der Waals surface area contributed by atoms with Crippen LogP contribution >= 0.6 is 0 Å². The molecule has 2 heteroatoms. The summed E-state index contributed by atoms with van der Waals surface area (Å²) in [5.41, 5.74) is 19.1. The van der Waals surface area contributed by atoms with Gasteiger partial charge in [-0.3, -0.25) is 0 Å². The van der Waals surface area contributed by atoms with Crippen molar-refractivity contribution in [3.8, 4) is 33.4 Å². The fraction of sp³-hybridized carbons (Fsp3) is 0.176. The van der Waals surface area contributed by atoms with E-state index in [0.717, 1.165) is 33.3 Å². The van der Waals surface area contributed by atoms with E-state index in [-0.39, 0.29) is 10.8 Å². The molecule has 0 saturated carbocycles. The Balaban J connectivity index is 1.20. The van der Waals surface area contributed by atoms with E-state index in [0.29, 0.717) is 0 Å². The van der Waals surface area contributed by atoms with E-state index in [1.165, 1.54) is 66.8 Å². The molecule has 10 rings (SSSR count). The van der Waals surface area contributed by atoms with E-state index < -0.39 is 5.41 Å². The Kier molecular flexibility index (Phi) is 6.65. The van der Waals surface area contributed by atoms with Crippen LogP contribution in [-0.4, -0.2) is 0 Å². The molecular formula is C51H43NO. The molecule has 0 amide bonds. The third-order valence-electron chi connectivity index (χ3n) is 11.8.